The molecule has 2 aromatic rings. The van der Waals surface area contributed by atoms with Crippen LogP contribution in [-0.2, 0) is 9.53 Å². The van der Waals surface area contributed by atoms with E-state index in [2.05, 4.69) is 10.7 Å². The molecule has 2 aromatic carbocycles. The van der Waals surface area contributed by atoms with Gasteiger partial charge in [0.1, 0.15) is 23.0 Å². The molecule has 0 aromatic heterocycles. The van der Waals surface area contributed by atoms with Gasteiger partial charge >= 0.3 is 6.09 Å². The van der Waals surface area contributed by atoms with E-state index >= 15 is 0 Å². The molecule has 2 amide bonds. The van der Waals surface area contributed by atoms with Gasteiger partial charge in [-0.25, -0.2) is 4.79 Å². The van der Waals surface area contributed by atoms with Crippen molar-refractivity contribution in [1.29, 1.82) is 0 Å². The number of hydrazine groups is 1. The minimum Gasteiger partial charge on any atom is -0.498 e. The first-order valence-corrected chi connectivity index (χ1v) is 8.15. The van der Waals surface area contributed by atoms with Crippen LogP contribution in [0.3, 0.4) is 0 Å². The van der Waals surface area contributed by atoms with E-state index in [-0.39, 0.29) is 12.3 Å². The third kappa shape index (κ3) is 4.12. The summed E-state index contributed by atoms with van der Waals surface area (Å²) in [6, 6.07) is 14.1. The van der Waals surface area contributed by atoms with Crippen molar-refractivity contribution in [2.75, 3.05) is 19.5 Å². The first kappa shape index (κ1) is 18.1. The smallest absolute Gasteiger partial charge is 0.409 e. The number of carbonyl (C=O) groups is 2. The van der Waals surface area contributed by atoms with Gasteiger partial charge in [0.05, 0.1) is 13.5 Å². The van der Waals surface area contributed by atoms with Gasteiger partial charge in [-0.2, -0.15) is 0 Å². The molecule has 0 spiro atoms. The zero-order chi connectivity index (χ0) is 19.4. The number of amides is 2. The lowest BCUT2D eigenvalue weighted by Crippen LogP contribution is -2.42. The number of hydrogen-bond acceptors (Lipinski definition) is 5. The number of nitrogens with zero attached hydrogens (tertiary/aromatic N) is 1. The van der Waals surface area contributed by atoms with Crippen LogP contribution < -0.4 is 15.5 Å². The molecular weight excluding hydrogens is 350 g/mol. The summed E-state index contributed by atoms with van der Waals surface area (Å²) < 4.78 is 11.4. The zero-order valence-electron chi connectivity index (χ0n) is 14.9. The Balaban J connectivity index is 2.11. The number of methoxy groups -OCH3 is 1. The number of benzene rings is 2. The van der Waals surface area contributed by atoms with Crippen LogP contribution in [0.15, 0.2) is 54.3 Å². The Morgan fingerprint density at radius 1 is 1.22 bits per heavy atom. The summed E-state index contributed by atoms with van der Waals surface area (Å²) in [5.41, 5.74) is 4.23. The molecule has 0 saturated carbocycles. The zero-order valence-corrected chi connectivity index (χ0v) is 14.9. The molecule has 140 valence electrons. The highest BCUT2D eigenvalue weighted by Gasteiger charge is 2.27. The third-order valence-corrected chi connectivity index (χ3v) is 3.92. The van der Waals surface area contributed by atoms with E-state index in [4.69, 9.17) is 14.6 Å². The van der Waals surface area contributed by atoms with Crippen molar-refractivity contribution in [3.63, 3.8) is 0 Å². The number of ether oxygens (including phenoxy) is 2. The first-order chi connectivity index (χ1) is 13.0. The molecule has 1 heterocycles. The lowest BCUT2D eigenvalue weighted by molar-refractivity contribution is -0.125. The molecule has 1 aliphatic rings. The highest BCUT2D eigenvalue weighted by Crippen LogP contribution is 2.37. The Labute approximate surface area is 156 Å². The number of carboxylic acid groups (broad SMARTS) is 1. The Bertz CT molecular complexity index is 895. The van der Waals surface area contributed by atoms with Crippen molar-refractivity contribution in [3.8, 4) is 11.5 Å². The van der Waals surface area contributed by atoms with Crippen LogP contribution in [0.5, 0.6) is 11.5 Å². The minimum atomic E-state index is -1.18. The molecule has 0 bridgehead atoms. The third-order valence-electron chi connectivity index (χ3n) is 3.92. The van der Waals surface area contributed by atoms with Gasteiger partial charge in [-0.1, -0.05) is 18.2 Å². The molecule has 0 fully saturated rings. The van der Waals surface area contributed by atoms with Crippen LogP contribution in [0.2, 0.25) is 0 Å². The van der Waals surface area contributed by atoms with E-state index in [0.29, 0.717) is 34.2 Å². The Hall–Kier alpha value is -3.68. The van der Waals surface area contributed by atoms with E-state index in [0.717, 1.165) is 0 Å². The largest absolute Gasteiger partial charge is 0.498 e. The maximum absolute atomic E-state index is 11.8. The van der Waals surface area contributed by atoms with E-state index in [1.165, 1.54) is 12.1 Å². The van der Waals surface area contributed by atoms with Crippen LogP contribution >= 0.6 is 0 Å². The molecule has 3 rings (SSSR count). The van der Waals surface area contributed by atoms with Gasteiger partial charge in [-0.15, -0.1) is 0 Å². The second kappa shape index (κ2) is 7.69. The number of hydrogen-bond donors (Lipinski definition) is 3. The SMILES string of the molecule is COC1=C(c2cc(NC(=O)O)ccc2Oc2ccccc2)N(C)NC(=O)C1. The molecule has 0 radical (unpaired) electrons. The Kier molecular flexibility index (Phi) is 5.16. The molecular formula is C19H19N3O5. The fraction of sp³-hybridized carbons (Fsp3) is 0.158. The minimum absolute atomic E-state index is 0.0670. The maximum Gasteiger partial charge on any atom is 0.409 e. The van der Waals surface area contributed by atoms with Crippen molar-refractivity contribution in [1.82, 2.24) is 10.4 Å². The normalized spacial score (nSPS) is 13.9. The molecule has 0 atom stereocenters. The molecule has 0 aliphatic carbocycles. The fourth-order valence-electron chi connectivity index (χ4n) is 2.82. The highest BCUT2D eigenvalue weighted by molar-refractivity contribution is 5.88. The van der Waals surface area contributed by atoms with Crippen LogP contribution in [0.25, 0.3) is 5.70 Å². The topological polar surface area (TPSA) is 100 Å². The van der Waals surface area contributed by atoms with Gasteiger partial charge < -0.3 is 14.6 Å². The summed E-state index contributed by atoms with van der Waals surface area (Å²) >= 11 is 0. The lowest BCUT2D eigenvalue weighted by atomic mass is 10.1. The molecule has 8 heteroatoms. The van der Waals surface area contributed by atoms with Gasteiger partial charge in [0.2, 0.25) is 5.91 Å². The lowest BCUT2D eigenvalue weighted by Gasteiger charge is -2.31. The van der Waals surface area contributed by atoms with E-state index in [1.807, 2.05) is 30.3 Å². The maximum atomic E-state index is 11.8. The van der Waals surface area contributed by atoms with Crippen molar-refractivity contribution in [2.45, 2.75) is 6.42 Å². The molecule has 27 heavy (non-hydrogen) atoms. The summed E-state index contributed by atoms with van der Waals surface area (Å²) in [7, 11) is 3.16. The van der Waals surface area contributed by atoms with Crippen molar-refractivity contribution in [3.05, 3.63) is 59.9 Å². The predicted octanol–water partition coefficient (Wildman–Crippen LogP) is 3.25. The van der Waals surface area contributed by atoms with Gasteiger partial charge in [0, 0.05) is 18.3 Å². The Morgan fingerprint density at radius 3 is 2.63 bits per heavy atom. The molecule has 0 saturated heterocycles. The monoisotopic (exact) mass is 369 g/mol. The second-order valence-electron chi connectivity index (χ2n) is 5.80. The number of rotatable bonds is 5. The second-order valence-corrected chi connectivity index (χ2v) is 5.80. The number of para-hydroxylation sites is 1. The average Bonchev–Trinajstić information content (AvgIpc) is 2.63. The molecule has 8 nitrogen and oxygen atoms in total. The summed E-state index contributed by atoms with van der Waals surface area (Å²) in [5, 5.41) is 12.9. The van der Waals surface area contributed by atoms with Crippen LogP contribution in [-0.4, -0.2) is 36.3 Å². The Morgan fingerprint density at radius 2 is 1.96 bits per heavy atom. The number of anilines is 1. The number of carbonyl (C=O) groups excluding carboxylic acids is 1. The molecule has 3 N–H and O–H groups in total. The fourth-order valence-corrected chi connectivity index (χ4v) is 2.82. The van der Waals surface area contributed by atoms with E-state index in [9.17, 15) is 9.59 Å². The molecule has 0 unspecified atom stereocenters. The van der Waals surface area contributed by atoms with E-state index in [1.54, 1.807) is 25.2 Å². The highest BCUT2D eigenvalue weighted by atomic mass is 16.5. The van der Waals surface area contributed by atoms with E-state index < -0.39 is 6.09 Å². The van der Waals surface area contributed by atoms with Crippen LogP contribution in [0.4, 0.5) is 10.5 Å². The number of nitrogens with one attached hydrogen (secondary N) is 2. The quantitative estimate of drug-likeness (QED) is 0.748. The molecule has 1 aliphatic heterocycles. The van der Waals surface area contributed by atoms with Gasteiger partial charge in [0.25, 0.3) is 0 Å². The van der Waals surface area contributed by atoms with Gasteiger partial charge in [-0.3, -0.25) is 20.5 Å². The van der Waals surface area contributed by atoms with Crippen molar-refractivity contribution < 1.29 is 24.2 Å². The van der Waals surface area contributed by atoms with Crippen molar-refractivity contribution in [2.24, 2.45) is 0 Å². The van der Waals surface area contributed by atoms with Crippen LogP contribution in [0, 0.1) is 0 Å². The summed E-state index contributed by atoms with van der Waals surface area (Å²) in [6.07, 6.45) is -1.11. The van der Waals surface area contributed by atoms with Gasteiger partial charge in [-0.05, 0) is 30.3 Å². The predicted molar refractivity (Wildman–Crippen MR) is 99.1 cm³/mol. The van der Waals surface area contributed by atoms with Gasteiger partial charge in [0.15, 0.2) is 0 Å². The summed E-state index contributed by atoms with van der Waals surface area (Å²) in [5.74, 6) is 1.36. The first-order valence-electron chi connectivity index (χ1n) is 8.15. The summed E-state index contributed by atoms with van der Waals surface area (Å²) in [6.45, 7) is 0. The summed E-state index contributed by atoms with van der Waals surface area (Å²) in [4.78, 5) is 22.8. The van der Waals surface area contributed by atoms with Crippen molar-refractivity contribution >= 4 is 23.4 Å². The van der Waals surface area contributed by atoms with Crippen LogP contribution in [0.1, 0.15) is 12.0 Å². The average molecular weight is 369 g/mol. The standard InChI is InChI=1S/C19H19N3O5/c1-22-18(16(26-2)11-17(23)21-22)14-10-12(20-19(24)25)8-9-15(14)27-13-6-4-3-5-7-13/h3-10,20H,11H2,1-2H3,(H,21,23)(H,24,25).